The van der Waals surface area contributed by atoms with E-state index in [0.29, 0.717) is 13.0 Å². The van der Waals surface area contributed by atoms with Crippen molar-refractivity contribution in [2.75, 3.05) is 13.2 Å². The fourth-order valence-electron chi connectivity index (χ4n) is 2.12. The highest BCUT2D eigenvalue weighted by atomic mass is 16.3. The Kier molecular flexibility index (Phi) is 3.22. The van der Waals surface area contributed by atoms with E-state index in [0.717, 1.165) is 5.56 Å². The molecule has 2 atom stereocenters. The molecule has 3 N–H and O–H groups in total. The molecule has 0 spiro atoms. The van der Waals surface area contributed by atoms with Crippen LogP contribution in [0.4, 0.5) is 0 Å². The Morgan fingerprint density at radius 1 is 1.44 bits per heavy atom. The van der Waals surface area contributed by atoms with E-state index in [1.165, 1.54) is 0 Å². The van der Waals surface area contributed by atoms with E-state index in [-0.39, 0.29) is 24.6 Å². The van der Waals surface area contributed by atoms with Crippen LogP contribution in [-0.4, -0.2) is 35.1 Å². The monoisotopic (exact) mass is 220 g/mol. The summed E-state index contributed by atoms with van der Waals surface area (Å²) < 4.78 is 0. The molecule has 1 heterocycles. The van der Waals surface area contributed by atoms with Gasteiger partial charge >= 0.3 is 0 Å². The van der Waals surface area contributed by atoms with Gasteiger partial charge in [-0.1, -0.05) is 30.3 Å². The van der Waals surface area contributed by atoms with Crippen molar-refractivity contribution in [2.45, 2.75) is 18.5 Å². The molecule has 0 aromatic heterocycles. The molecule has 2 rings (SSSR count). The molecule has 1 aliphatic rings. The van der Waals surface area contributed by atoms with Crippen molar-refractivity contribution in [3.05, 3.63) is 35.9 Å². The van der Waals surface area contributed by atoms with Crippen LogP contribution in [0.15, 0.2) is 30.3 Å². The highest BCUT2D eigenvalue weighted by Gasteiger charge is 2.32. The molecule has 0 saturated carbocycles. The molecule has 0 aliphatic carbocycles. The Morgan fingerprint density at radius 2 is 2.12 bits per heavy atom. The summed E-state index contributed by atoms with van der Waals surface area (Å²) in [5.41, 5.74) is 6.69. The lowest BCUT2D eigenvalue weighted by molar-refractivity contribution is -0.130. The molecule has 0 bridgehead atoms. The number of aliphatic hydroxyl groups excluding tert-OH is 1. The number of likely N-dealkylation sites (tertiary alicyclic amines) is 1. The minimum Gasteiger partial charge on any atom is -0.394 e. The zero-order valence-corrected chi connectivity index (χ0v) is 9.04. The molecule has 0 radical (unpaired) electrons. The lowest BCUT2D eigenvalue weighted by atomic mass is 10.1. The first-order valence-corrected chi connectivity index (χ1v) is 5.43. The fraction of sp³-hybridized carbons (Fsp3) is 0.417. The Morgan fingerprint density at radius 3 is 2.62 bits per heavy atom. The minimum absolute atomic E-state index is 0.0235. The standard InChI is InChI=1S/C12H16N2O2/c13-10-6-12(16)14(7-10)11(8-15)9-4-2-1-3-5-9/h1-5,10-11,15H,6-8,13H2. The van der Waals surface area contributed by atoms with Gasteiger partial charge in [0, 0.05) is 19.0 Å². The first-order chi connectivity index (χ1) is 7.72. The zero-order valence-electron chi connectivity index (χ0n) is 9.04. The Labute approximate surface area is 94.7 Å². The van der Waals surface area contributed by atoms with E-state index in [9.17, 15) is 9.90 Å². The summed E-state index contributed by atoms with van der Waals surface area (Å²) in [5.74, 6) is 0.0235. The Bertz CT molecular complexity index is 367. The van der Waals surface area contributed by atoms with Crippen LogP contribution in [0, 0.1) is 0 Å². The third-order valence-corrected chi connectivity index (χ3v) is 2.92. The number of benzene rings is 1. The number of carbonyl (C=O) groups excluding carboxylic acids is 1. The molecule has 1 aromatic rings. The number of rotatable bonds is 3. The molecule has 1 aromatic carbocycles. The smallest absolute Gasteiger partial charge is 0.224 e. The third kappa shape index (κ3) is 2.08. The average molecular weight is 220 g/mol. The largest absolute Gasteiger partial charge is 0.394 e. The molecular formula is C12H16N2O2. The first kappa shape index (κ1) is 11.1. The third-order valence-electron chi connectivity index (χ3n) is 2.92. The number of amides is 1. The number of carbonyl (C=O) groups is 1. The molecule has 2 unspecified atom stereocenters. The van der Waals surface area contributed by atoms with Crippen LogP contribution in [0.1, 0.15) is 18.0 Å². The number of nitrogens with zero attached hydrogens (tertiary/aromatic N) is 1. The highest BCUT2D eigenvalue weighted by Crippen LogP contribution is 2.24. The van der Waals surface area contributed by atoms with Gasteiger partial charge in [0.2, 0.25) is 5.91 Å². The van der Waals surface area contributed by atoms with Crippen LogP contribution in [0.25, 0.3) is 0 Å². The maximum atomic E-state index is 11.7. The number of aliphatic hydroxyl groups is 1. The van der Waals surface area contributed by atoms with E-state index in [1.54, 1.807) is 4.90 Å². The van der Waals surface area contributed by atoms with Crippen molar-refractivity contribution in [3.8, 4) is 0 Å². The minimum atomic E-state index is -0.262. The second kappa shape index (κ2) is 4.63. The molecule has 1 amide bonds. The summed E-state index contributed by atoms with van der Waals surface area (Å²) in [6, 6.07) is 9.18. The predicted octanol–water partition coefficient (Wildman–Crippen LogP) is 0.280. The highest BCUT2D eigenvalue weighted by molar-refractivity contribution is 5.79. The van der Waals surface area contributed by atoms with Crippen LogP contribution in [0.5, 0.6) is 0 Å². The van der Waals surface area contributed by atoms with E-state index < -0.39 is 0 Å². The Balaban J connectivity index is 2.20. The summed E-state index contributed by atoms with van der Waals surface area (Å²) in [4.78, 5) is 13.4. The van der Waals surface area contributed by atoms with Crippen molar-refractivity contribution in [1.82, 2.24) is 4.90 Å². The molecule has 1 aliphatic heterocycles. The van der Waals surface area contributed by atoms with Gasteiger partial charge < -0.3 is 15.7 Å². The van der Waals surface area contributed by atoms with E-state index >= 15 is 0 Å². The van der Waals surface area contributed by atoms with Gasteiger partial charge in [-0.15, -0.1) is 0 Å². The molecule has 1 fully saturated rings. The lowest BCUT2D eigenvalue weighted by Gasteiger charge is -2.26. The van der Waals surface area contributed by atoms with Crippen molar-refractivity contribution in [1.29, 1.82) is 0 Å². The number of hydrogen-bond donors (Lipinski definition) is 2. The normalized spacial score (nSPS) is 22.5. The van der Waals surface area contributed by atoms with Gasteiger partial charge in [-0.25, -0.2) is 0 Å². The summed E-state index contributed by atoms with van der Waals surface area (Å²) in [6.45, 7) is 0.460. The van der Waals surface area contributed by atoms with Gasteiger partial charge in [0.25, 0.3) is 0 Å². The predicted molar refractivity (Wildman–Crippen MR) is 60.6 cm³/mol. The van der Waals surface area contributed by atoms with Crippen molar-refractivity contribution in [3.63, 3.8) is 0 Å². The van der Waals surface area contributed by atoms with Crippen LogP contribution < -0.4 is 5.73 Å². The van der Waals surface area contributed by atoms with Crippen LogP contribution in [0.3, 0.4) is 0 Å². The maximum Gasteiger partial charge on any atom is 0.224 e. The van der Waals surface area contributed by atoms with E-state index in [4.69, 9.17) is 5.73 Å². The number of nitrogens with two attached hydrogens (primary N) is 1. The van der Waals surface area contributed by atoms with Gasteiger partial charge in [-0.2, -0.15) is 0 Å². The first-order valence-electron chi connectivity index (χ1n) is 5.43. The van der Waals surface area contributed by atoms with E-state index in [2.05, 4.69) is 0 Å². The SMILES string of the molecule is NC1CC(=O)N(C(CO)c2ccccc2)C1. The average Bonchev–Trinajstić information content (AvgIpc) is 2.61. The summed E-state index contributed by atoms with van der Waals surface area (Å²) in [5, 5.41) is 9.41. The van der Waals surface area contributed by atoms with Crippen LogP contribution in [0.2, 0.25) is 0 Å². The fourth-order valence-corrected chi connectivity index (χ4v) is 2.12. The Hall–Kier alpha value is -1.39. The molecule has 1 saturated heterocycles. The van der Waals surface area contributed by atoms with Gasteiger partial charge in [0.05, 0.1) is 12.6 Å². The van der Waals surface area contributed by atoms with E-state index in [1.807, 2.05) is 30.3 Å². The summed E-state index contributed by atoms with van der Waals surface area (Å²) in [7, 11) is 0. The molecular weight excluding hydrogens is 204 g/mol. The van der Waals surface area contributed by atoms with Gasteiger partial charge in [-0.05, 0) is 5.56 Å². The molecule has 16 heavy (non-hydrogen) atoms. The van der Waals surface area contributed by atoms with Crippen molar-refractivity contribution < 1.29 is 9.90 Å². The zero-order chi connectivity index (χ0) is 11.5. The molecule has 4 nitrogen and oxygen atoms in total. The van der Waals surface area contributed by atoms with Gasteiger partial charge in [0.15, 0.2) is 0 Å². The summed E-state index contributed by atoms with van der Waals surface area (Å²) in [6.07, 6.45) is 0.378. The molecule has 4 heteroatoms. The van der Waals surface area contributed by atoms with Crippen molar-refractivity contribution in [2.24, 2.45) is 5.73 Å². The lowest BCUT2D eigenvalue weighted by Crippen LogP contribution is -2.34. The molecule has 86 valence electrons. The summed E-state index contributed by atoms with van der Waals surface area (Å²) >= 11 is 0. The topological polar surface area (TPSA) is 66.6 Å². The second-order valence-corrected chi connectivity index (χ2v) is 4.12. The second-order valence-electron chi connectivity index (χ2n) is 4.12. The van der Waals surface area contributed by atoms with Gasteiger partial charge in [0.1, 0.15) is 0 Å². The maximum absolute atomic E-state index is 11.7. The quantitative estimate of drug-likeness (QED) is 0.769. The van der Waals surface area contributed by atoms with Crippen LogP contribution in [-0.2, 0) is 4.79 Å². The van der Waals surface area contributed by atoms with Crippen molar-refractivity contribution >= 4 is 5.91 Å². The number of hydrogen-bond acceptors (Lipinski definition) is 3. The van der Waals surface area contributed by atoms with Crippen LogP contribution >= 0.6 is 0 Å². The van der Waals surface area contributed by atoms with Gasteiger partial charge in [-0.3, -0.25) is 4.79 Å².